The van der Waals surface area contributed by atoms with Crippen molar-refractivity contribution in [3.63, 3.8) is 0 Å². The summed E-state index contributed by atoms with van der Waals surface area (Å²) in [4.78, 5) is 16.5. The van der Waals surface area contributed by atoms with Gasteiger partial charge in [-0.25, -0.2) is 0 Å². The van der Waals surface area contributed by atoms with E-state index in [9.17, 15) is 4.79 Å². The first kappa shape index (κ1) is 19.4. The standard InChI is InChI=1S/C16H35N3O/c1-4-18(5-2)14-11-15-19(6-3)16(20)12-9-7-8-10-13-17/h4-15,17H2,1-3H3. The van der Waals surface area contributed by atoms with Crippen LogP contribution in [0, 0.1) is 0 Å². The summed E-state index contributed by atoms with van der Waals surface area (Å²) in [6, 6.07) is 0. The van der Waals surface area contributed by atoms with Crippen LogP contribution in [-0.4, -0.2) is 55.0 Å². The fourth-order valence-corrected chi connectivity index (χ4v) is 2.42. The second-order valence-electron chi connectivity index (χ2n) is 5.31. The second-order valence-corrected chi connectivity index (χ2v) is 5.31. The quantitative estimate of drug-likeness (QED) is 0.529. The Kier molecular flexibility index (Phi) is 13.0. The van der Waals surface area contributed by atoms with Crippen molar-refractivity contribution in [2.24, 2.45) is 5.73 Å². The van der Waals surface area contributed by atoms with Gasteiger partial charge in [-0.15, -0.1) is 0 Å². The molecule has 0 bridgehead atoms. The van der Waals surface area contributed by atoms with E-state index < -0.39 is 0 Å². The molecule has 0 aliphatic rings. The maximum absolute atomic E-state index is 12.1. The zero-order chi connectivity index (χ0) is 15.2. The smallest absolute Gasteiger partial charge is 0.222 e. The molecule has 0 saturated carbocycles. The van der Waals surface area contributed by atoms with Crippen LogP contribution < -0.4 is 5.73 Å². The van der Waals surface area contributed by atoms with E-state index in [1.165, 1.54) is 0 Å². The summed E-state index contributed by atoms with van der Waals surface area (Å²) in [5.74, 6) is 0.319. The van der Waals surface area contributed by atoms with E-state index in [-0.39, 0.29) is 0 Å². The highest BCUT2D eigenvalue weighted by atomic mass is 16.2. The first-order valence-corrected chi connectivity index (χ1v) is 8.39. The van der Waals surface area contributed by atoms with Gasteiger partial charge in [0, 0.05) is 19.5 Å². The lowest BCUT2D eigenvalue weighted by Gasteiger charge is -2.23. The predicted octanol–water partition coefficient (Wildman–Crippen LogP) is 2.48. The van der Waals surface area contributed by atoms with Crippen molar-refractivity contribution in [2.75, 3.05) is 39.3 Å². The molecule has 0 heterocycles. The third-order valence-corrected chi connectivity index (χ3v) is 3.88. The molecule has 4 nitrogen and oxygen atoms in total. The summed E-state index contributed by atoms with van der Waals surface area (Å²) in [6.45, 7) is 12.2. The fourth-order valence-electron chi connectivity index (χ4n) is 2.42. The summed E-state index contributed by atoms with van der Waals surface area (Å²) in [5, 5.41) is 0. The molecule has 0 fully saturated rings. The Hall–Kier alpha value is -0.610. The average molecular weight is 285 g/mol. The van der Waals surface area contributed by atoms with Crippen molar-refractivity contribution >= 4 is 5.91 Å². The molecule has 120 valence electrons. The predicted molar refractivity (Wildman–Crippen MR) is 86.8 cm³/mol. The number of carbonyl (C=O) groups is 1. The van der Waals surface area contributed by atoms with Crippen LogP contribution in [0.25, 0.3) is 0 Å². The van der Waals surface area contributed by atoms with E-state index in [0.717, 1.165) is 71.4 Å². The number of carbonyl (C=O) groups excluding carboxylic acids is 1. The van der Waals surface area contributed by atoms with Gasteiger partial charge >= 0.3 is 0 Å². The third-order valence-electron chi connectivity index (χ3n) is 3.88. The van der Waals surface area contributed by atoms with E-state index in [2.05, 4.69) is 25.7 Å². The van der Waals surface area contributed by atoms with Gasteiger partial charge in [0.2, 0.25) is 5.91 Å². The number of hydrogen-bond acceptors (Lipinski definition) is 3. The molecule has 1 amide bonds. The minimum Gasteiger partial charge on any atom is -0.343 e. The lowest BCUT2D eigenvalue weighted by atomic mass is 10.1. The molecular weight excluding hydrogens is 250 g/mol. The molecule has 0 aliphatic heterocycles. The molecule has 0 aliphatic carbocycles. The van der Waals surface area contributed by atoms with Crippen LogP contribution in [-0.2, 0) is 4.79 Å². The van der Waals surface area contributed by atoms with E-state index in [1.807, 2.05) is 4.90 Å². The van der Waals surface area contributed by atoms with E-state index >= 15 is 0 Å². The van der Waals surface area contributed by atoms with E-state index in [0.29, 0.717) is 12.3 Å². The van der Waals surface area contributed by atoms with Crippen LogP contribution in [0.5, 0.6) is 0 Å². The maximum atomic E-state index is 12.1. The van der Waals surface area contributed by atoms with Crippen molar-refractivity contribution in [3.05, 3.63) is 0 Å². The number of amides is 1. The Bertz CT molecular complexity index is 230. The molecule has 0 rings (SSSR count). The molecular formula is C16H35N3O. The summed E-state index contributed by atoms with van der Waals surface area (Å²) in [7, 11) is 0. The van der Waals surface area contributed by atoms with E-state index in [4.69, 9.17) is 5.73 Å². The van der Waals surface area contributed by atoms with Crippen molar-refractivity contribution < 1.29 is 4.79 Å². The molecule has 20 heavy (non-hydrogen) atoms. The monoisotopic (exact) mass is 285 g/mol. The number of rotatable bonds is 13. The SMILES string of the molecule is CCN(CC)CCCN(CC)C(=O)CCCCCCN. The topological polar surface area (TPSA) is 49.6 Å². The number of nitrogens with two attached hydrogens (primary N) is 1. The second kappa shape index (κ2) is 13.4. The maximum Gasteiger partial charge on any atom is 0.222 e. The van der Waals surface area contributed by atoms with Crippen molar-refractivity contribution in [1.29, 1.82) is 0 Å². The van der Waals surface area contributed by atoms with Gasteiger partial charge in [-0.1, -0.05) is 26.7 Å². The summed E-state index contributed by atoms with van der Waals surface area (Å²) < 4.78 is 0. The Morgan fingerprint density at radius 2 is 1.50 bits per heavy atom. The molecule has 2 N–H and O–H groups in total. The molecule has 0 radical (unpaired) electrons. The van der Waals surface area contributed by atoms with Crippen LogP contribution in [0.3, 0.4) is 0 Å². The lowest BCUT2D eigenvalue weighted by molar-refractivity contribution is -0.131. The van der Waals surface area contributed by atoms with Gasteiger partial charge in [-0.2, -0.15) is 0 Å². The van der Waals surface area contributed by atoms with E-state index in [1.54, 1.807) is 0 Å². The van der Waals surface area contributed by atoms with Crippen LogP contribution in [0.2, 0.25) is 0 Å². The summed E-state index contributed by atoms with van der Waals surface area (Å²) in [6.07, 6.45) is 6.14. The van der Waals surface area contributed by atoms with Crippen LogP contribution in [0.1, 0.15) is 59.3 Å². The van der Waals surface area contributed by atoms with Crippen molar-refractivity contribution in [3.8, 4) is 0 Å². The molecule has 0 aromatic rings. The van der Waals surface area contributed by atoms with Gasteiger partial charge in [0.1, 0.15) is 0 Å². The van der Waals surface area contributed by atoms with Gasteiger partial charge in [-0.3, -0.25) is 4.79 Å². The number of nitrogens with zero attached hydrogens (tertiary/aromatic N) is 2. The first-order chi connectivity index (χ1) is 9.69. The highest BCUT2D eigenvalue weighted by Crippen LogP contribution is 2.06. The largest absolute Gasteiger partial charge is 0.343 e. The van der Waals surface area contributed by atoms with Gasteiger partial charge in [0.25, 0.3) is 0 Å². The Balaban J connectivity index is 3.79. The summed E-state index contributed by atoms with van der Waals surface area (Å²) in [5.41, 5.74) is 5.46. The van der Waals surface area contributed by atoms with Crippen LogP contribution in [0.4, 0.5) is 0 Å². The number of hydrogen-bond donors (Lipinski definition) is 1. The average Bonchev–Trinajstić information content (AvgIpc) is 2.47. The molecule has 0 atom stereocenters. The van der Waals surface area contributed by atoms with Gasteiger partial charge in [0.15, 0.2) is 0 Å². The van der Waals surface area contributed by atoms with Gasteiger partial charge < -0.3 is 15.5 Å². The summed E-state index contributed by atoms with van der Waals surface area (Å²) >= 11 is 0. The molecule has 0 saturated heterocycles. The van der Waals surface area contributed by atoms with Crippen molar-refractivity contribution in [1.82, 2.24) is 9.80 Å². The Morgan fingerprint density at radius 1 is 0.850 bits per heavy atom. The highest BCUT2D eigenvalue weighted by Gasteiger charge is 2.11. The Labute approximate surface area is 125 Å². The van der Waals surface area contributed by atoms with Crippen LogP contribution >= 0.6 is 0 Å². The molecule has 0 aromatic heterocycles. The zero-order valence-electron chi connectivity index (χ0n) is 13.9. The minimum absolute atomic E-state index is 0.319. The molecule has 0 spiro atoms. The minimum atomic E-state index is 0.319. The van der Waals surface area contributed by atoms with Gasteiger partial charge in [-0.05, 0) is 52.4 Å². The third kappa shape index (κ3) is 9.32. The molecule has 0 aromatic carbocycles. The number of unbranched alkanes of at least 4 members (excludes halogenated alkanes) is 3. The highest BCUT2D eigenvalue weighted by molar-refractivity contribution is 5.76. The molecule has 4 heteroatoms. The fraction of sp³-hybridized carbons (Fsp3) is 0.938. The van der Waals surface area contributed by atoms with Gasteiger partial charge in [0.05, 0.1) is 0 Å². The zero-order valence-corrected chi connectivity index (χ0v) is 13.9. The van der Waals surface area contributed by atoms with Crippen LogP contribution in [0.15, 0.2) is 0 Å². The normalized spacial score (nSPS) is 11.1. The first-order valence-electron chi connectivity index (χ1n) is 8.39. The Morgan fingerprint density at radius 3 is 2.05 bits per heavy atom. The van der Waals surface area contributed by atoms with Crippen molar-refractivity contribution in [2.45, 2.75) is 59.3 Å². The lowest BCUT2D eigenvalue weighted by Crippen LogP contribution is -2.34. The molecule has 0 unspecified atom stereocenters.